The lowest BCUT2D eigenvalue weighted by molar-refractivity contribution is 0.455. The zero-order valence-electron chi connectivity index (χ0n) is 9.15. The van der Waals surface area contributed by atoms with Gasteiger partial charge in [0.05, 0.1) is 5.56 Å². The second-order valence-corrected chi connectivity index (χ2v) is 4.16. The molecule has 0 bridgehead atoms. The highest BCUT2D eigenvalue weighted by atomic mass is 35.5. The molecule has 0 aliphatic carbocycles. The molecule has 0 radical (unpaired) electrons. The highest BCUT2D eigenvalue weighted by molar-refractivity contribution is 6.30. The Kier molecular flexibility index (Phi) is 3.82. The average molecular weight is 269 g/mol. The van der Waals surface area contributed by atoms with Crippen LogP contribution in [0.15, 0.2) is 30.6 Å². The van der Waals surface area contributed by atoms with E-state index in [0.717, 1.165) is 5.56 Å². The summed E-state index contributed by atoms with van der Waals surface area (Å²) >= 11 is 11.8. The monoisotopic (exact) mass is 268 g/mol. The SMILES string of the molecule is CCc1c(Cl)ncnc1Oc1cccc(Cl)c1. The quantitative estimate of drug-likeness (QED) is 0.785. The van der Waals surface area contributed by atoms with Gasteiger partial charge in [0.1, 0.15) is 17.2 Å². The number of ether oxygens (including phenoxy) is 1. The summed E-state index contributed by atoms with van der Waals surface area (Å²) in [5.74, 6) is 1.09. The highest BCUT2D eigenvalue weighted by Gasteiger charge is 2.10. The van der Waals surface area contributed by atoms with Gasteiger partial charge in [-0.2, -0.15) is 0 Å². The van der Waals surface area contributed by atoms with E-state index in [1.165, 1.54) is 6.33 Å². The van der Waals surface area contributed by atoms with Gasteiger partial charge in [-0.25, -0.2) is 9.97 Å². The predicted molar refractivity (Wildman–Crippen MR) is 67.9 cm³/mol. The number of benzene rings is 1. The van der Waals surface area contributed by atoms with Gasteiger partial charge in [0.2, 0.25) is 5.88 Å². The van der Waals surface area contributed by atoms with Crippen molar-refractivity contribution < 1.29 is 4.74 Å². The summed E-state index contributed by atoms with van der Waals surface area (Å²) in [6, 6.07) is 7.12. The second kappa shape index (κ2) is 5.34. The van der Waals surface area contributed by atoms with Gasteiger partial charge in [-0.1, -0.05) is 36.2 Å². The molecule has 0 fully saturated rings. The molecule has 88 valence electrons. The van der Waals surface area contributed by atoms with E-state index in [2.05, 4.69) is 9.97 Å². The lowest BCUT2D eigenvalue weighted by Crippen LogP contribution is -1.96. The molecule has 5 heteroatoms. The van der Waals surface area contributed by atoms with Gasteiger partial charge < -0.3 is 4.74 Å². The van der Waals surface area contributed by atoms with E-state index in [0.29, 0.717) is 28.2 Å². The third-order valence-electron chi connectivity index (χ3n) is 2.22. The Bertz CT molecular complexity index is 532. The molecule has 17 heavy (non-hydrogen) atoms. The van der Waals surface area contributed by atoms with Gasteiger partial charge in [0, 0.05) is 5.02 Å². The Balaban J connectivity index is 2.33. The molecule has 0 saturated carbocycles. The molecular formula is C12H10Cl2N2O. The predicted octanol–water partition coefficient (Wildman–Crippen LogP) is 4.14. The number of hydrogen-bond donors (Lipinski definition) is 0. The first-order chi connectivity index (χ1) is 8.20. The van der Waals surface area contributed by atoms with Crippen LogP contribution in [0.2, 0.25) is 10.2 Å². The molecule has 0 unspecified atom stereocenters. The molecule has 1 aromatic carbocycles. The Hall–Kier alpha value is -1.32. The number of rotatable bonds is 3. The van der Waals surface area contributed by atoms with Gasteiger partial charge >= 0.3 is 0 Å². The Morgan fingerprint density at radius 2 is 2.06 bits per heavy atom. The summed E-state index contributed by atoms with van der Waals surface area (Å²) in [6.45, 7) is 1.97. The fourth-order valence-electron chi connectivity index (χ4n) is 1.40. The summed E-state index contributed by atoms with van der Waals surface area (Å²) in [7, 11) is 0. The summed E-state index contributed by atoms with van der Waals surface area (Å²) in [5, 5.41) is 1.03. The average Bonchev–Trinajstić information content (AvgIpc) is 2.29. The zero-order chi connectivity index (χ0) is 12.3. The van der Waals surface area contributed by atoms with Crippen LogP contribution < -0.4 is 4.74 Å². The summed E-state index contributed by atoms with van der Waals surface area (Å²) in [4.78, 5) is 7.99. The molecule has 0 atom stereocenters. The molecule has 0 N–H and O–H groups in total. The summed E-state index contributed by atoms with van der Waals surface area (Å²) in [5.41, 5.74) is 0.786. The number of hydrogen-bond acceptors (Lipinski definition) is 3. The third kappa shape index (κ3) is 2.87. The normalized spacial score (nSPS) is 10.3. The van der Waals surface area contributed by atoms with Crippen molar-refractivity contribution in [2.75, 3.05) is 0 Å². The van der Waals surface area contributed by atoms with Crippen molar-refractivity contribution in [3.05, 3.63) is 46.3 Å². The van der Waals surface area contributed by atoms with Gasteiger partial charge in [0.25, 0.3) is 0 Å². The van der Waals surface area contributed by atoms with E-state index in [-0.39, 0.29) is 0 Å². The summed E-state index contributed by atoms with van der Waals surface area (Å²) < 4.78 is 5.64. The smallest absolute Gasteiger partial charge is 0.226 e. The van der Waals surface area contributed by atoms with Crippen molar-refractivity contribution in [2.45, 2.75) is 13.3 Å². The maximum Gasteiger partial charge on any atom is 0.226 e. The molecule has 0 aliphatic heterocycles. The fourth-order valence-corrected chi connectivity index (χ4v) is 1.84. The summed E-state index contributed by atoms with van der Waals surface area (Å²) in [6.07, 6.45) is 2.08. The molecule has 0 spiro atoms. The molecule has 2 rings (SSSR count). The van der Waals surface area contributed by atoms with Crippen LogP contribution in [0, 0.1) is 0 Å². The lowest BCUT2D eigenvalue weighted by Gasteiger charge is -2.09. The standard InChI is InChI=1S/C12H10Cl2N2O/c1-2-10-11(14)15-7-16-12(10)17-9-5-3-4-8(13)6-9/h3-7H,2H2,1H3. The van der Waals surface area contributed by atoms with Crippen molar-refractivity contribution in [1.29, 1.82) is 0 Å². The number of nitrogens with zero attached hydrogens (tertiary/aromatic N) is 2. The van der Waals surface area contributed by atoms with Crippen LogP contribution in [0.5, 0.6) is 11.6 Å². The molecule has 1 heterocycles. The Morgan fingerprint density at radius 3 is 2.76 bits per heavy atom. The topological polar surface area (TPSA) is 35.0 Å². The van der Waals surface area contributed by atoms with Gasteiger partial charge in [-0.15, -0.1) is 0 Å². The minimum atomic E-state index is 0.416. The van der Waals surface area contributed by atoms with Crippen molar-refractivity contribution in [1.82, 2.24) is 9.97 Å². The van der Waals surface area contributed by atoms with Crippen LogP contribution in [0.1, 0.15) is 12.5 Å². The molecule has 0 aliphatic rings. The van der Waals surface area contributed by atoms with Crippen LogP contribution in [0.4, 0.5) is 0 Å². The second-order valence-electron chi connectivity index (χ2n) is 3.36. The number of halogens is 2. The fraction of sp³-hybridized carbons (Fsp3) is 0.167. The Morgan fingerprint density at radius 1 is 1.24 bits per heavy atom. The van der Waals surface area contributed by atoms with E-state index in [1.54, 1.807) is 18.2 Å². The Labute approximate surface area is 109 Å². The van der Waals surface area contributed by atoms with E-state index in [4.69, 9.17) is 27.9 Å². The molecule has 3 nitrogen and oxygen atoms in total. The first-order valence-electron chi connectivity index (χ1n) is 5.13. The first-order valence-corrected chi connectivity index (χ1v) is 5.89. The number of aromatic nitrogens is 2. The van der Waals surface area contributed by atoms with E-state index >= 15 is 0 Å². The van der Waals surface area contributed by atoms with Crippen LogP contribution in [-0.2, 0) is 6.42 Å². The van der Waals surface area contributed by atoms with Gasteiger partial charge in [-0.3, -0.25) is 0 Å². The molecule has 2 aromatic rings. The first kappa shape index (κ1) is 12.1. The minimum Gasteiger partial charge on any atom is -0.439 e. The molecule has 0 amide bonds. The lowest BCUT2D eigenvalue weighted by atomic mass is 10.2. The largest absolute Gasteiger partial charge is 0.439 e. The zero-order valence-corrected chi connectivity index (χ0v) is 10.7. The van der Waals surface area contributed by atoms with Gasteiger partial charge in [-0.05, 0) is 24.6 Å². The van der Waals surface area contributed by atoms with Gasteiger partial charge in [0.15, 0.2) is 0 Å². The van der Waals surface area contributed by atoms with Crippen molar-refractivity contribution in [3.8, 4) is 11.6 Å². The molecule has 0 saturated heterocycles. The van der Waals surface area contributed by atoms with Crippen molar-refractivity contribution >= 4 is 23.2 Å². The molecular weight excluding hydrogens is 259 g/mol. The van der Waals surface area contributed by atoms with Crippen LogP contribution in [0.3, 0.4) is 0 Å². The maximum atomic E-state index is 5.97. The van der Waals surface area contributed by atoms with E-state index < -0.39 is 0 Å². The highest BCUT2D eigenvalue weighted by Crippen LogP contribution is 2.28. The van der Waals surface area contributed by atoms with Crippen molar-refractivity contribution in [3.63, 3.8) is 0 Å². The van der Waals surface area contributed by atoms with Crippen LogP contribution in [0.25, 0.3) is 0 Å². The third-order valence-corrected chi connectivity index (χ3v) is 2.78. The van der Waals surface area contributed by atoms with Crippen molar-refractivity contribution in [2.24, 2.45) is 0 Å². The van der Waals surface area contributed by atoms with E-state index in [9.17, 15) is 0 Å². The van der Waals surface area contributed by atoms with Crippen LogP contribution in [-0.4, -0.2) is 9.97 Å². The maximum absolute atomic E-state index is 5.97. The van der Waals surface area contributed by atoms with E-state index in [1.807, 2.05) is 13.0 Å². The minimum absolute atomic E-state index is 0.416. The van der Waals surface area contributed by atoms with Crippen LogP contribution >= 0.6 is 23.2 Å². The molecule has 1 aromatic heterocycles.